The number of phenols is 1. The summed E-state index contributed by atoms with van der Waals surface area (Å²) in [5, 5.41) is 41.9. The van der Waals surface area contributed by atoms with Crippen LogP contribution in [0, 0.1) is 17.8 Å². The fourth-order valence-electron chi connectivity index (χ4n) is 6.91. The summed E-state index contributed by atoms with van der Waals surface area (Å²) in [6.07, 6.45) is 8.06. The summed E-state index contributed by atoms with van der Waals surface area (Å²) in [6, 6.07) is 8.75. The van der Waals surface area contributed by atoms with Gasteiger partial charge in [0.1, 0.15) is 35.5 Å². The van der Waals surface area contributed by atoms with Gasteiger partial charge in [-0.15, -0.1) is 0 Å². The number of aliphatic hydroxyl groups excluding tert-OH is 2. The Morgan fingerprint density at radius 2 is 1.81 bits per heavy atom. The maximum Gasteiger partial charge on any atom is 0.338 e. The van der Waals surface area contributed by atoms with Crippen molar-refractivity contribution in [1.29, 1.82) is 0 Å². The van der Waals surface area contributed by atoms with Crippen LogP contribution in [0.5, 0.6) is 5.75 Å². The molecule has 6 N–H and O–H groups in total. The standard InChI is InChI=1S/C46H59N5O11/c1-28(2)41-44(58)48-35(27-32-15-12-16-33(53)26-32)45(59)51-25-13-19-38(62-51)46(60)61-37(29(3)14-11-21-40(55)49-39-20-9-10-24-47-39)18-8-6-7-17-36(54)31(5)42(56)34(43(57)50-41)23-22-30(4)52/h6-12,14-17,20-21,24,26,28,31,34-38,41-42,53-54,56H,13,18-19,22-23,25,27H2,1-5H3,(H,48,58)(H,50,57)(H,47,49,55)/b8-6+,17-7+,21-11+,29-14+/t31-,34+,35-,36-,37-,38?,41-,42+/m0/s1. The second kappa shape index (κ2) is 23.9. The number of Topliss-reactive ketones (excluding diaryl/α,β-unsaturated/α-hetero) is 1. The number of aromatic hydroxyl groups is 1. The van der Waals surface area contributed by atoms with Gasteiger partial charge in [0.25, 0.3) is 5.91 Å². The van der Waals surface area contributed by atoms with E-state index in [0.29, 0.717) is 23.4 Å². The number of carbonyl (C=O) groups is 6. The Kier molecular flexibility index (Phi) is 18.8. The highest BCUT2D eigenvalue weighted by Gasteiger charge is 2.39. The number of nitrogens with one attached hydrogen (secondary N) is 3. The normalized spacial score (nSPS) is 27.3. The van der Waals surface area contributed by atoms with Gasteiger partial charge in [-0.3, -0.25) is 24.0 Å². The zero-order valence-electron chi connectivity index (χ0n) is 35.8. The Morgan fingerprint density at radius 3 is 2.50 bits per heavy atom. The first-order valence-electron chi connectivity index (χ1n) is 20.9. The summed E-state index contributed by atoms with van der Waals surface area (Å²) in [5.74, 6) is -5.83. The molecule has 3 heterocycles. The second-order valence-corrected chi connectivity index (χ2v) is 16.0. The number of hydrogen-bond donors (Lipinski definition) is 6. The molecule has 1 unspecified atom stereocenters. The molecule has 1 fully saturated rings. The van der Waals surface area contributed by atoms with Crippen molar-refractivity contribution in [1.82, 2.24) is 20.7 Å². The van der Waals surface area contributed by atoms with Crippen molar-refractivity contribution < 1.29 is 53.7 Å². The van der Waals surface area contributed by atoms with Crippen LogP contribution < -0.4 is 16.0 Å². The summed E-state index contributed by atoms with van der Waals surface area (Å²) < 4.78 is 5.97. The van der Waals surface area contributed by atoms with Gasteiger partial charge in [-0.25, -0.2) is 14.8 Å². The number of nitrogens with zero attached hydrogens (tertiary/aromatic N) is 2. The number of rotatable bonds is 10. The van der Waals surface area contributed by atoms with Crippen molar-refractivity contribution >= 4 is 41.2 Å². The molecule has 0 spiro atoms. The Morgan fingerprint density at radius 1 is 1.03 bits per heavy atom. The SMILES string of the molecule is CC(=O)CC[C@H]1C(=O)N[C@@H](C(C)C)C(=O)N[C@@H](Cc2cccc(O)c2)C(=O)N2CCCC(O2)C(=O)O[C@H](/C(C)=C/C=C/C(=O)Nc2ccccn2)C/C=C/C=C/[C@H](O)[C@H](C)[C@H]1O. The van der Waals surface area contributed by atoms with E-state index in [-0.39, 0.29) is 50.2 Å². The molecule has 4 rings (SSSR count). The predicted octanol–water partition coefficient (Wildman–Crippen LogP) is 3.79. The minimum Gasteiger partial charge on any atom is -0.508 e. The van der Waals surface area contributed by atoms with Gasteiger partial charge < -0.3 is 40.8 Å². The second-order valence-electron chi connectivity index (χ2n) is 16.0. The van der Waals surface area contributed by atoms with E-state index < -0.39 is 83.9 Å². The van der Waals surface area contributed by atoms with E-state index in [1.54, 1.807) is 88.5 Å². The van der Waals surface area contributed by atoms with Crippen LogP contribution in [0.2, 0.25) is 0 Å². The van der Waals surface area contributed by atoms with E-state index in [2.05, 4.69) is 20.9 Å². The van der Waals surface area contributed by atoms with Crippen LogP contribution in [0.1, 0.15) is 72.3 Å². The average Bonchev–Trinajstić information content (AvgIpc) is 3.23. The maximum absolute atomic E-state index is 14.3. The minimum atomic E-state index is -1.44. The van der Waals surface area contributed by atoms with Crippen LogP contribution in [-0.2, 0) is 44.8 Å². The van der Waals surface area contributed by atoms with Gasteiger partial charge in [0, 0.05) is 44.0 Å². The molecule has 2 aromatic rings. The highest BCUT2D eigenvalue weighted by molar-refractivity contribution is 5.98. The quantitative estimate of drug-likeness (QED) is 0.114. The molecular formula is C46H59N5O11. The van der Waals surface area contributed by atoms with E-state index in [1.165, 1.54) is 37.3 Å². The van der Waals surface area contributed by atoms with E-state index >= 15 is 0 Å². The molecule has 2 aliphatic heterocycles. The van der Waals surface area contributed by atoms with E-state index in [4.69, 9.17) is 9.57 Å². The van der Waals surface area contributed by atoms with Gasteiger partial charge in [0.2, 0.25) is 17.7 Å². The molecule has 0 saturated carbocycles. The number of carbonyl (C=O) groups excluding carboxylic acids is 6. The lowest BCUT2D eigenvalue weighted by Crippen LogP contribution is -2.58. The lowest BCUT2D eigenvalue weighted by molar-refractivity contribution is -0.231. The van der Waals surface area contributed by atoms with Gasteiger partial charge in [0.05, 0.1) is 18.1 Å². The number of pyridine rings is 1. The number of aliphatic hydroxyl groups is 2. The first kappa shape index (κ1) is 48.7. The largest absolute Gasteiger partial charge is 0.508 e. The van der Waals surface area contributed by atoms with E-state index in [0.717, 1.165) is 5.06 Å². The minimum absolute atomic E-state index is 0.0415. The van der Waals surface area contributed by atoms with Crippen LogP contribution in [0.15, 0.2) is 96.8 Å². The Bertz CT molecular complexity index is 2000. The van der Waals surface area contributed by atoms with Gasteiger partial charge >= 0.3 is 5.97 Å². The number of ketones is 1. The van der Waals surface area contributed by atoms with Crippen molar-refractivity contribution in [2.45, 2.75) is 110 Å². The Balaban J connectivity index is 1.70. The summed E-state index contributed by atoms with van der Waals surface area (Å²) in [7, 11) is 0. The van der Waals surface area contributed by atoms with Crippen molar-refractivity contribution in [2.24, 2.45) is 17.8 Å². The Hall–Kier alpha value is -5.97. The first-order valence-corrected chi connectivity index (χ1v) is 20.9. The third kappa shape index (κ3) is 14.9. The topological polar surface area (TPSA) is 234 Å². The summed E-state index contributed by atoms with van der Waals surface area (Å²) in [6.45, 7) is 8.10. The number of amides is 4. The molecule has 62 heavy (non-hydrogen) atoms. The predicted molar refractivity (Wildman–Crippen MR) is 229 cm³/mol. The third-order valence-corrected chi connectivity index (χ3v) is 10.6. The molecule has 16 heteroatoms. The third-order valence-electron chi connectivity index (χ3n) is 10.6. The van der Waals surface area contributed by atoms with Crippen molar-refractivity contribution in [3.05, 3.63) is 102 Å². The van der Waals surface area contributed by atoms with Crippen molar-refractivity contribution in [3.8, 4) is 5.75 Å². The lowest BCUT2D eigenvalue weighted by atomic mass is 9.84. The first-order chi connectivity index (χ1) is 29.5. The monoisotopic (exact) mass is 857 g/mol. The number of ether oxygens (including phenoxy) is 1. The summed E-state index contributed by atoms with van der Waals surface area (Å²) in [5.41, 5.74) is 1.06. The van der Waals surface area contributed by atoms with Crippen LogP contribution in [-0.4, -0.2) is 104 Å². The molecule has 1 aromatic carbocycles. The fraction of sp³-hybridized carbons (Fsp3) is 0.457. The average molecular weight is 858 g/mol. The van der Waals surface area contributed by atoms with Gasteiger partial charge in [-0.1, -0.05) is 75.4 Å². The fourth-order valence-corrected chi connectivity index (χ4v) is 6.91. The van der Waals surface area contributed by atoms with Gasteiger partial charge in [0.15, 0.2) is 6.10 Å². The zero-order valence-corrected chi connectivity index (χ0v) is 35.8. The molecular weight excluding hydrogens is 799 g/mol. The molecule has 16 nitrogen and oxygen atoms in total. The van der Waals surface area contributed by atoms with Crippen molar-refractivity contribution in [3.63, 3.8) is 0 Å². The number of benzene rings is 1. The molecule has 1 saturated heterocycles. The molecule has 2 aliphatic rings. The lowest BCUT2D eigenvalue weighted by Gasteiger charge is -2.35. The number of phenolic OH excluding ortho intramolecular Hbond substituents is 1. The number of allylic oxidation sites excluding steroid dienone is 4. The zero-order chi connectivity index (χ0) is 45.3. The molecule has 0 radical (unpaired) electrons. The molecule has 8 atom stereocenters. The smallest absolute Gasteiger partial charge is 0.338 e. The van der Waals surface area contributed by atoms with Crippen molar-refractivity contribution in [2.75, 3.05) is 11.9 Å². The number of fused-ring (bicyclic) bond motifs is 2. The van der Waals surface area contributed by atoms with Crippen LogP contribution >= 0.6 is 0 Å². The van der Waals surface area contributed by atoms with Gasteiger partial charge in [-0.05, 0) is 74.4 Å². The molecule has 4 amide bonds. The Labute approximate surface area is 362 Å². The number of anilines is 1. The number of hydrogen-bond acceptors (Lipinski definition) is 12. The highest BCUT2D eigenvalue weighted by Crippen LogP contribution is 2.25. The molecule has 334 valence electrons. The highest BCUT2D eigenvalue weighted by atomic mass is 16.7. The summed E-state index contributed by atoms with van der Waals surface area (Å²) >= 11 is 0. The molecule has 1 aromatic heterocycles. The van der Waals surface area contributed by atoms with E-state index in [9.17, 15) is 44.1 Å². The number of esters is 1. The van der Waals surface area contributed by atoms with Crippen LogP contribution in [0.25, 0.3) is 0 Å². The van der Waals surface area contributed by atoms with Crippen LogP contribution in [0.4, 0.5) is 5.82 Å². The van der Waals surface area contributed by atoms with Gasteiger partial charge in [-0.2, -0.15) is 0 Å². The van der Waals surface area contributed by atoms with E-state index in [1.807, 2.05) is 0 Å². The number of aromatic nitrogens is 1. The number of cyclic esters (lactones) is 1. The molecule has 0 aliphatic carbocycles. The number of hydroxylamine groups is 2. The van der Waals surface area contributed by atoms with Crippen LogP contribution in [0.3, 0.4) is 0 Å². The molecule has 2 bridgehead atoms. The maximum atomic E-state index is 14.3. The summed E-state index contributed by atoms with van der Waals surface area (Å²) in [4.78, 5) is 90.6.